The molecule has 1 aliphatic rings. The largest absolute Gasteiger partial charge is 0.315 e. The Labute approximate surface area is 127 Å². The molecule has 1 fully saturated rings. The van der Waals surface area contributed by atoms with E-state index in [1.165, 1.54) is 96.8 Å². The van der Waals surface area contributed by atoms with Gasteiger partial charge in [0.1, 0.15) is 0 Å². The van der Waals surface area contributed by atoms with Gasteiger partial charge in [0.05, 0.1) is 0 Å². The van der Waals surface area contributed by atoms with Crippen molar-refractivity contribution in [3.8, 4) is 0 Å². The van der Waals surface area contributed by atoms with Crippen molar-refractivity contribution in [2.45, 2.75) is 90.5 Å². The van der Waals surface area contributed by atoms with Crippen LogP contribution in [0.15, 0.2) is 0 Å². The van der Waals surface area contributed by atoms with Crippen LogP contribution in [0.1, 0.15) is 84.5 Å². The quantitative estimate of drug-likeness (QED) is 0.558. The summed E-state index contributed by atoms with van der Waals surface area (Å²) in [6.07, 6.45) is 15.7. The summed E-state index contributed by atoms with van der Waals surface area (Å²) < 4.78 is 0. The van der Waals surface area contributed by atoms with E-state index >= 15 is 0 Å². The highest BCUT2D eigenvalue weighted by atomic mass is 15.2. The number of hydrogen-bond acceptors (Lipinski definition) is 2. The first kappa shape index (κ1) is 18.0. The highest BCUT2D eigenvalue weighted by Crippen LogP contribution is 2.12. The molecule has 0 aliphatic carbocycles. The summed E-state index contributed by atoms with van der Waals surface area (Å²) >= 11 is 0. The molecule has 0 aromatic rings. The molecule has 0 saturated carbocycles. The van der Waals surface area contributed by atoms with Crippen molar-refractivity contribution in [2.75, 3.05) is 26.2 Å². The van der Waals surface area contributed by atoms with Crippen LogP contribution in [0.2, 0.25) is 0 Å². The van der Waals surface area contributed by atoms with Gasteiger partial charge in [0.15, 0.2) is 0 Å². The van der Waals surface area contributed by atoms with E-state index in [9.17, 15) is 0 Å². The van der Waals surface area contributed by atoms with E-state index in [1.54, 1.807) is 0 Å². The van der Waals surface area contributed by atoms with Crippen LogP contribution in [0.3, 0.4) is 0 Å². The van der Waals surface area contributed by atoms with Gasteiger partial charge in [-0.25, -0.2) is 0 Å². The van der Waals surface area contributed by atoms with E-state index in [0.717, 1.165) is 6.04 Å². The lowest BCUT2D eigenvalue weighted by atomic mass is 10.1. The van der Waals surface area contributed by atoms with Crippen LogP contribution < -0.4 is 5.32 Å². The fraction of sp³-hybridized carbons (Fsp3) is 1.00. The molecule has 0 aromatic carbocycles. The summed E-state index contributed by atoms with van der Waals surface area (Å²) in [5, 5.41) is 3.51. The molecule has 2 heteroatoms. The van der Waals surface area contributed by atoms with Gasteiger partial charge < -0.3 is 5.32 Å². The van der Waals surface area contributed by atoms with Gasteiger partial charge in [-0.05, 0) is 32.9 Å². The van der Waals surface area contributed by atoms with Gasteiger partial charge in [0, 0.05) is 19.1 Å². The zero-order chi connectivity index (χ0) is 14.5. The fourth-order valence-electron chi connectivity index (χ4n) is 3.20. The molecule has 1 heterocycles. The summed E-state index contributed by atoms with van der Waals surface area (Å²) in [4.78, 5) is 2.69. The van der Waals surface area contributed by atoms with E-state index in [2.05, 4.69) is 24.1 Å². The van der Waals surface area contributed by atoms with E-state index in [4.69, 9.17) is 0 Å². The molecule has 0 aromatic heterocycles. The Kier molecular flexibility index (Phi) is 11.4. The average molecular weight is 283 g/mol. The number of rotatable bonds is 11. The Morgan fingerprint density at radius 1 is 0.850 bits per heavy atom. The lowest BCUT2D eigenvalue weighted by Crippen LogP contribution is -2.35. The first-order valence-electron chi connectivity index (χ1n) is 9.29. The van der Waals surface area contributed by atoms with Gasteiger partial charge in [-0.15, -0.1) is 0 Å². The zero-order valence-electron chi connectivity index (χ0n) is 14.1. The van der Waals surface area contributed by atoms with Gasteiger partial charge in [-0.1, -0.05) is 64.7 Å². The molecule has 2 nitrogen and oxygen atoms in total. The smallest absolute Gasteiger partial charge is 0.0110 e. The maximum absolute atomic E-state index is 3.51. The van der Waals surface area contributed by atoms with Crippen molar-refractivity contribution in [3.63, 3.8) is 0 Å². The minimum atomic E-state index is 0.781. The van der Waals surface area contributed by atoms with Crippen LogP contribution >= 0.6 is 0 Å². The van der Waals surface area contributed by atoms with E-state index in [1.807, 2.05) is 0 Å². The number of nitrogens with zero attached hydrogens (tertiary/aromatic N) is 1. The minimum Gasteiger partial charge on any atom is -0.315 e. The van der Waals surface area contributed by atoms with Gasteiger partial charge in [-0.3, -0.25) is 4.90 Å². The third-order valence-electron chi connectivity index (χ3n) is 4.74. The molecule has 0 radical (unpaired) electrons. The first-order chi connectivity index (χ1) is 9.84. The highest BCUT2D eigenvalue weighted by Gasteiger charge is 2.15. The number of unbranched alkanes of at least 4 members (excludes halogenated alkanes) is 9. The van der Waals surface area contributed by atoms with E-state index in [-0.39, 0.29) is 0 Å². The molecule has 120 valence electrons. The summed E-state index contributed by atoms with van der Waals surface area (Å²) in [5.41, 5.74) is 0. The monoisotopic (exact) mass is 282 g/mol. The topological polar surface area (TPSA) is 15.3 Å². The lowest BCUT2D eigenvalue weighted by Gasteiger charge is -2.26. The summed E-state index contributed by atoms with van der Waals surface area (Å²) in [5.74, 6) is 0. The predicted molar refractivity (Wildman–Crippen MR) is 90.4 cm³/mol. The van der Waals surface area contributed by atoms with Crippen LogP contribution in [0, 0.1) is 0 Å². The van der Waals surface area contributed by atoms with Gasteiger partial charge >= 0.3 is 0 Å². The molecular weight excluding hydrogens is 244 g/mol. The van der Waals surface area contributed by atoms with Crippen molar-refractivity contribution in [1.82, 2.24) is 10.2 Å². The molecule has 0 bridgehead atoms. The molecule has 0 spiro atoms. The maximum atomic E-state index is 3.51. The van der Waals surface area contributed by atoms with Crippen LogP contribution in [0.4, 0.5) is 0 Å². The van der Waals surface area contributed by atoms with E-state index < -0.39 is 0 Å². The van der Waals surface area contributed by atoms with Crippen molar-refractivity contribution in [1.29, 1.82) is 0 Å². The molecule has 1 unspecified atom stereocenters. The second-order valence-electron chi connectivity index (χ2n) is 6.61. The van der Waals surface area contributed by atoms with Crippen LogP contribution in [0.25, 0.3) is 0 Å². The second kappa shape index (κ2) is 12.6. The molecule has 1 atom stereocenters. The zero-order valence-corrected chi connectivity index (χ0v) is 14.1. The maximum Gasteiger partial charge on any atom is 0.0110 e. The highest BCUT2D eigenvalue weighted by molar-refractivity contribution is 4.73. The SMILES string of the molecule is CCCCCCCCCCCCN1CCNCCC1C. The average Bonchev–Trinajstić information content (AvgIpc) is 2.66. The Morgan fingerprint density at radius 2 is 1.45 bits per heavy atom. The number of nitrogens with one attached hydrogen (secondary N) is 1. The lowest BCUT2D eigenvalue weighted by molar-refractivity contribution is 0.215. The molecular formula is C18H38N2. The van der Waals surface area contributed by atoms with Crippen molar-refractivity contribution in [3.05, 3.63) is 0 Å². The minimum absolute atomic E-state index is 0.781. The van der Waals surface area contributed by atoms with Gasteiger partial charge in [-0.2, -0.15) is 0 Å². The third-order valence-corrected chi connectivity index (χ3v) is 4.74. The van der Waals surface area contributed by atoms with E-state index in [0.29, 0.717) is 0 Å². The van der Waals surface area contributed by atoms with Gasteiger partial charge in [0.25, 0.3) is 0 Å². The summed E-state index contributed by atoms with van der Waals surface area (Å²) in [6, 6.07) is 0.781. The second-order valence-corrected chi connectivity index (χ2v) is 6.61. The van der Waals surface area contributed by atoms with Gasteiger partial charge in [0.2, 0.25) is 0 Å². The standard InChI is InChI=1S/C18H38N2/c1-3-4-5-6-7-8-9-10-11-12-16-20-17-15-19-14-13-18(20)2/h18-19H,3-17H2,1-2H3. The molecule has 0 amide bonds. The third kappa shape index (κ3) is 8.97. The summed E-state index contributed by atoms with van der Waals surface area (Å²) in [7, 11) is 0. The van der Waals surface area contributed by atoms with Crippen molar-refractivity contribution in [2.24, 2.45) is 0 Å². The molecule has 20 heavy (non-hydrogen) atoms. The van der Waals surface area contributed by atoms with Crippen molar-refractivity contribution < 1.29 is 0 Å². The molecule has 1 rings (SSSR count). The Hall–Kier alpha value is -0.0800. The Bertz CT molecular complexity index is 206. The predicted octanol–water partition coefficient (Wildman–Crippen LogP) is 4.59. The van der Waals surface area contributed by atoms with Crippen molar-refractivity contribution >= 4 is 0 Å². The molecule has 1 aliphatic heterocycles. The molecule has 1 saturated heterocycles. The van der Waals surface area contributed by atoms with Crippen LogP contribution in [0.5, 0.6) is 0 Å². The van der Waals surface area contributed by atoms with Crippen LogP contribution in [-0.2, 0) is 0 Å². The fourth-order valence-corrected chi connectivity index (χ4v) is 3.20. The first-order valence-corrected chi connectivity index (χ1v) is 9.29. The molecule has 1 N–H and O–H groups in total. The van der Waals surface area contributed by atoms with Crippen LogP contribution in [-0.4, -0.2) is 37.1 Å². The Balaban J connectivity index is 1.86. The Morgan fingerprint density at radius 3 is 2.10 bits per heavy atom. The summed E-state index contributed by atoms with van der Waals surface area (Å²) in [6.45, 7) is 9.64. The number of hydrogen-bond donors (Lipinski definition) is 1. The normalized spacial score (nSPS) is 21.0.